The maximum atomic E-state index is 12.8. The molecule has 1 aromatic rings. The molecule has 2 rings (SSSR count). The molecule has 0 aromatic heterocycles. The molecule has 2 unspecified atom stereocenters. The van der Waals surface area contributed by atoms with E-state index in [1.165, 1.54) is 5.56 Å². The number of halogens is 2. The third-order valence-corrected chi connectivity index (χ3v) is 2.28. The molecule has 0 spiro atoms. The molecule has 1 heterocycles. The zero-order valence-corrected chi connectivity index (χ0v) is 8.06. The molecule has 1 nitrogen and oxygen atoms in total. The fourth-order valence-corrected chi connectivity index (χ4v) is 1.63. The first-order valence-electron chi connectivity index (χ1n) is 4.28. The van der Waals surface area contributed by atoms with Gasteiger partial charge in [-0.1, -0.05) is 30.3 Å². The monoisotopic (exact) mass is 201 g/mol. The number of rotatable bonds is 1. The van der Waals surface area contributed by atoms with Crippen LogP contribution < -0.4 is 5.32 Å². The zero-order valence-electron chi connectivity index (χ0n) is 7.24. The molecule has 2 atom stereocenters. The van der Waals surface area contributed by atoms with Crippen LogP contribution in [0.15, 0.2) is 30.3 Å². The lowest BCUT2D eigenvalue weighted by molar-refractivity contribution is 0.356. The molecule has 1 aliphatic rings. The summed E-state index contributed by atoms with van der Waals surface area (Å²) in [6.07, 6.45) is -0.0560. The Balaban J connectivity index is 0.000000845. The van der Waals surface area contributed by atoms with Crippen LogP contribution >= 0.6 is 12.4 Å². The second-order valence-corrected chi connectivity index (χ2v) is 3.20. The van der Waals surface area contributed by atoms with E-state index in [-0.39, 0.29) is 18.4 Å². The Labute approximate surface area is 83.8 Å². The van der Waals surface area contributed by atoms with E-state index in [4.69, 9.17) is 0 Å². The van der Waals surface area contributed by atoms with E-state index in [9.17, 15) is 4.39 Å². The number of benzene rings is 1. The molecule has 1 N–H and O–H groups in total. The van der Waals surface area contributed by atoms with E-state index >= 15 is 0 Å². The van der Waals surface area contributed by atoms with Crippen molar-refractivity contribution in [3.05, 3.63) is 35.9 Å². The van der Waals surface area contributed by atoms with Crippen molar-refractivity contribution in [2.45, 2.75) is 18.6 Å². The van der Waals surface area contributed by atoms with Crippen LogP contribution in [0.4, 0.5) is 4.39 Å². The lowest BCUT2D eigenvalue weighted by Crippen LogP contribution is -2.13. The Morgan fingerprint density at radius 1 is 1.23 bits per heavy atom. The molecule has 1 aromatic carbocycles. The van der Waals surface area contributed by atoms with Gasteiger partial charge in [0.05, 0.1) is 0 Å². The van der Waals surface area contributed by atoms with E-state index in [2.05, 4.69) is 5.32 Å². The van der Waals surface area contributed by atoms with Crippen molar-refractivity contribution < 1.29 is 4.39 Å². The quantitative estimate of drug-likeness (QED) is 0.736. The van der Waals surface area contributed by atoms with Crippen molar-refractivity contribution in [2.75, 3.05) is 6.54 Å². The van der Waals surface area contributed by atoms with E-state index in [0.717, 1.165) is 0 Å². The smallest absolute Gasteiger partial charge is 0.114 e. The van der Waals surface area contributed by atoms with Crippen molar-refractivity contribution in [3.63, 3.8) is 0 Å². The summed E-state index contributed by atoms with van der Waals surface area (Å²) in [5, 5.41) is 3.15. The summed E-state index contributed by atoms with van der Waals surface area (Å²) in [5.74, 6) is 0. The molecule has 0 amide bonds. The van der Waals surface area contributed by atoms with E-state index in [1.807, 2.05) is 30.3 Å². The first-order valence-corrected chi connectivity index (χ1v) is 4.28. The molecule has 72 valence electrons. The predicted octanol–water partition coefficient (Wildman–Crippen LogP) is 2.48. The summed E-state index contributed by atoms with van der Waals surface area (Å²) in [5.41, 5.74) is 1.19. The highest BCUT2D eigenvalue weighted by Gasteiger charge is 2.24. The summed E-state index contributed by atoms with van der Waals surface area (Å²) in [6, 6.07) is 10.3. The van der Waals surface area contributed by atoms with Crippen LogP contribution in [0, 0.1) is 0 Å². The summed E-state index contributed by atoms with van der Waals surface area (Å²) in [4.78, 5) is 0. The Bertz CT molecular complexity index is 252. The Hall–Kier alpha value is -0.600. The van der Waals surface area contributed by atoms with Gasteiger partial charge >= 0.3 is 0 Å². The number of nitrogens with one attached hydrogen (secondary N) is 1. The predicted molar refractivity (Wildman–Crippen MR) is 53.9 cm³/mol. The highest BCUT2D eigenvalue weighted by molar-refractivity contribution is 5.85. The first kappa shape index (κ1) is 10.5. The van der Waals surface area contributed by atoms with Gasteiger partial charge in [0.15, 0.2) is 0 Å². The Morgan fingerprint density at radius 3 is 2.46 bits per heavy atom. The van der Waals surface area contributed by atoms with Crippen molar-refractivity contribution in [1.29, 1.82) is 0 Å². The summed E-state index contributed by atoms with van der Waals surface area (Å²) in [7, 11) is 0. The van der Waals surface area contributed by atoms with Crippen LogP contribution in [0.2, 0.25) is 0 Å². The highest BCUT2D eigenvalue weighted by atomic mass is 35.5. The van der Waals surface area contributed by atoms with Gasteiger partial charge < -0.3 is 5.32 Å². The molecule has 0 saturated carbocycles. The molecule has 1 aliphatic heterocycles. The van der Waals surface area contributed by atoms with Crippen molar-refractivity contribution in [3.8, 4) is 0 Å². The van der Waals surface area contributed by atoms with Crippen LogP contribution in [-0.4, -0.2) is 12.7 Å². The van der Waals surface area contributed by atoms with Gasteiger partial charge in [-0.05, 0) is 12.0 Å². The van der Waals surface area contributed by atoms with Gasteiger partial charge in [0.1, 0.15) is 6.17 Å². The molecule has 1 saturated heterocycles. The Kier molecular flexibility index (Phi) is 3.70. The maximum Gasteiger partial charge on any atom is 0.114 e. The second kappa shape index (κ2) is 4.58. The summed E-state index contributed by atoms with van der Waals surface area (Å²) in [6.45, 7) is 0.500. The summed E-state index contributed by atoms with van der Waals surface area (Å²) < 4.78 is 12.8. The minimum Gasteiger partial charge on any atom is -0.307 e. The van der Waals surface area contributed by atoms with Crippen LogP contribution in [-0.2, 0) is 0 Å². The average molecular weight is 202 g/mol. The molecule has 0 bridgehead atoms. The van der Waals surface area contributed by atoms with Gasteiger partial charge in [-0.3, -0.25) is 0 Å². The third kappa shape index (κ3) is 2.42. The maximum absolute atomic E-state index is 12.8. The standard InChI is InChI=1S/C10H12FN.ClH/c11-9-6-10(12-7-9)8-4-2-1-3-5-8;/h1-5,9-10,12H,6-7H2;1H. The largest absolute Gasteiger partial charge is 0.307 e. The van der Waals surface area contributed by atoms with Crippen molar-refractivity contribution >= 4 is 12.4 Å². The fourth-order valence-electron chi connectivity index (χ4n) is 1.63. The highest BCUT2D eigenvalue weighted by Crippen LogP contribution is 2.24. The van der Waals surface area contributed by atoms with Gasteiger partial charge in [0, 0.05) is 12.6 Å². The Morgan fingerprint density at radius 2 is 1.92 bits per heavy atom. The van der Waals surface area contributed by atoms with Gasteiger partial charge in [-0.2, -0.15) is 0 Å². The first-order chi connectivity index (χ1) is 5.86. The van der Waals surface area contributed by atoms with E-state index in [0.29, 0.717) is 13.0 Å². The van der Waals surface area contributed by atoms with E-state index < -0.39 is 6.17 Å². The van der Waals surface area contributed by atoms with Gasteiger partial charge in [0.25, 0.3) is 0 Å². The molecule has 0 aliphatic carbocycles. The number of hydrogen-bond acceptors (Lipinski definition) is 1. The molecule has 1 fully saturated rings. The van der Waals surface area contributed by atoms with Gasteiger partial charge in [-0.15, -0.1) is 12.4 Å². The molecule has 0 radical (unpaired) electrons. The molecule has 13 heavy (non-hydrogen) atoms. The minimum absolute atomic E-state index is 0. The average Bonchev–Trinajstić information content (AvgIpc) is 2.54. The topological polar surface area (TPSA) is 12.0 Å². The van der Waals surface area contributed by atoms with Gasteiger partial charge in [0.2, 0.25) is 0 Å². The lowest BCUT2D eigenvalue weighted by Gasteiger charge is -2.08. The minimum atomic E-state index is -0.671. The van der Waals surface area contributed by atoms with E-state index in [1.54, 1.807) is 0 Å². The van der Waals surface area contributed by atoms with Gasteiger partial charge in [-0.25, -0.2) is 4.39 Å². The molecular formula is C10H13ClFN. The van der Waals surface area contributed by atoms with Crippen LogP contribution in [0.3, 0.4) is 0 Å². The molecule has 3 heteroatoms. The normalized spacial score (nSPS) is 26.8. The summed E-state index contributed by atoms with van der Waals surface area (Å²) >= 11 is 0. The van der Waals surface area contributed by atoms with Crippen LogP contribution in [0.25, 0.3) is 0 Å². The third-order valence-electron chi connectivity index (χ3n) is 2.28. The fraction of sp³-hybridized carbons (Fsp3) is 0.400. The van der Waals surface area contributed by atoms with Crippen molar-refractivity contribution in [1.82, 2.24) is 5.32 Å². The number of alkyl halides is 1. The van der Waals surface area contributed by atoms with Crippen molar-refractivity contribution in [2.24, 2.45) is 0 Å². The second-order valence-electron chi connectivity index (χ2n) is 3.20. The van der Waals surface area contributed by atoms with Crippen LogP contribution in [0.1, 0.15) is 18.0 Å². The zero-order chi connectivity index (χ0) is 8.39. The SMILES string of the molecule is Cl.FC1CNC(c2ccccc2)C1. The molecular weight excluding hydrogens is 189 g/mol. The van der Waals surface area contributed by atoms with Crippen LogP contribution in [0.5, 0.6) is 0 Å². The lowest BCUT2D eigenvalue weighted by atomic mass is 10.1. The number of hydrogen-bond donors (Lipinski definition) is 1.